The van der Waals surface area contributed by atoms with Crippen LogP contribution in [0.2, 0.25) is 0 Å². The molecular weight excluding hydrogens is 211 g/mol. The minimum absolute atomic E-state index is 0.125. The van der Waals surface area contributed by atoms with Crippen molar-refractivity contribution < 1.29 is 9.13 Å². The Morgan fingerprint density at radius 1 is 1.44 bits per heavy atom. The molecule has 0 unspecified atom stereocenters. The Kier molecular flexibility index (Phi) is 2.68. The van der Waals surface area contributed by atoms with E-state index < -0.39 is 5.82 Å². The van der Waals surface area contributed by atoms with Crippen molar-refractivity contribution in [3.63, 3.8) is 0 Å². The first-order valence-corrected chi connectivity index (χ1v) is 4.60. The summed E-state index contributed by atoms with van der Waals surface area (Å²) in [5.41, 5.74) is 0.192. The monoisotopic (exact) mass is 220 g/mol. The zero-order valence-electron chi connectivity index (χ0n) is 8.53. The van der Waals surface area contributed by atoms with Gasteiger partial charge in [0.1, 0.15) is 0 Å². The van der Waals surface area contributed by atoms with Crippen molar-refractivity contribution in [1.82, 2.24) is 9.97 Å². The van der Waals surface area contributed by atoms with Gasteiger partial charge >= 0.3 is 0 Å². The SMILES string of the molecule is COc1cccc(-c2cc(=O)[nH]cn2)c1F. The van der Waals surface area contributed by atoms with Gasteiger partial charge in [-0.3, -0.25) is 4.79 Å². The Bertz CT molecular complexity index is 566. The molecule has 1 aromatic carbocycles. The third kappa shape index (κ3) is 1.79. The van der Waals surface area contributed by atoms with Gasteiger partial charge in [-0.2, -0.15) is 0 Å². The van der Waals surface area contributed by atoms with Crippen LogP contribution in [-0.4, -0.2) is 17.1 Å². The van der Waals surface area contributed by atoms with Crippen LogP contribution >= 0.6 is 0 Å². The summed E-state index contributed by atoms with van der Waals surface area (Å²) in [4.78, 5) is 17.3. The molecule has 16 heavy (non-hydrogen) atoms. The first kappa shape index (κ1) is 10.4. The molecule has 1 heterocycles. The van der Waals surface area contributed by atoms with E-state index in [1.807, 2.05) is 0 Å². The lowest BCUT2D eigenvalue weighted by Gasteiger charge is -2.05. The highest BCUT2D eigenvalue weighted by Gasteiger charge is 2.11. The standard InChI is InChI=1S/C11H9FN2O2/c1-16-9-4-2-3-7(11(9)12)8-5-10(15)14-6-13-8/h2-6H,1H3,(H,13,14,15). The van der Waals surface area contributed by atoms with Crippen LogP contribution in [0.4, 0.5) is 4.39 Å². The molecule has 4 nitrogen and oxygen atoms in total. The van der Waals surface area contributed by atoms with Crippen molar-refractivity contribution in [2.45, 2.75) is 0 Å². The van der Waals surface area contributed by atoms with Crippen LogP contribution in [0.3, 0.4) is 0 Å². The molecule has 0 aliphatic carbocycles. The van der Waals surface area contributed by atoms with Gasteiger partial charge < -0.3 is 9.72 Å². The molecule has 1 N–H and O–H groups in total. The van der Waals surface area contributed by atoms with E-state index in [0.29, 0.717) is 0 Å². The maximum Gasteiger partial charge on any atom is 0.251 e. The van der Waals surface area contributed by atoms with Crippen molar-refractivity contribution in [2.75, 3.05) is 7.11 Å². The quantitative estimate of drug-likeness (QED) is 0.836. The number of nitrogens with zero attached hydrogens (tertiary/aromatic N) is 1. The first-order chi connectivity index (χ1) is 7.72. The largest absolute Gasteiger partial charge is 0.494 e. The molecule has 0 aliphatic heterocycles. The highest BCUT2D eigenvalue weighted by atomic mass is 19.1. The van der Waals surface area contributed by atoms with Crippen LogP contribution < -0.4 is 10.3 Å². The Labute approximate surface area is 90.7 Å². The summed E-state index contributed by atoms with van der Waals surface area (Å²) in [6.07, 6.45) is 1.23. The predicted octanol–water partition coefficient (Wildman–Crippen LogP) is 1.58. The number of rotatable bonds is 2. The van der Waals surface area contributed by atoms with E-state index in [1.54, 1.807) is 12.1 Å². The molecule has 0 saturated heterocycles. The molecule has 5 heteroatoms. The molecule has 0 saturated carbocycles. The van der Waals surface area contributed by atoms with Crippen LogP contribution in [0, 0.1) is 5.82 Å². The summed E-state index contributed by atoms with van der Waals surface area (Å²) in [6.45, 7) is 0. The van der Waals surface area contributed by atoms with Crippen molar-refractivity contribution >= 4 is 0 Å². The van der Waals surface area contributed by atoms with E-state index in [0.717, 1.165) is 0 Å². The fraction of sp³-hybridized carbons (Fsp3) is 0.0909. The van der Waals surface area contributed by atoms with Gasteiger partial charge in [0.15, 0.2) is 11.6 Å². The molecule has 0 amide bonds. The predicted molar refractivity (Wildman–Crippen MR) is 56.8 cm³/mol. The van der Waals surface area contributed by atoms with Gasteiger partial charge in [-0.05, 0) is 12.1 Å². The normalized spacial score (nSPS) is 10.1. The molecule has 0 aliphatic rings. The van der Waals surface area contributed by atoms with Gasteiger partial charge in [-0.1, -0.05) is 6.07 Å². The number of hydrogen-bond acceptors (Lipinski definition) is 3. The van der Waals surface area contributed by atoms with Crippen molar-refractivity contribution in [2.24, 2.45) is 0 Å². The lowest BCUT2D eigenvalue weighted by Crippen LogP contribution is -2.05. The Morgan fingerprint density at radius 2 is 2.25 bits per heavy atom. The molecule has 1 aromatic heterocycles. The smallest absolute Gasteiger partial charge is 0.251 e. The minimum atomic E-state index is -0.525. The second-order valence-electron chi connectivity index (χ2n) is 3.12. The summed E-state index contributed by atoms with van der Waals surface area (Å²) in [5, 5.41) is 0. The molecule has 0 bridgehead atoms. The third-order valence-corrected chi connectivity index (χ3v) is 2.14. The zero-order chi connectivity index (χ0) is 11.5. The highest BCUT2D eigenvalue weighted by molar-refractivity contribution is 5.61. The maximum atomic E-state index is 13.8. The van der Waals surface area contributed by atoms with Gasteiger partial charge in [0, 0.05) is 11.6 Å². The fourth-order valence-electron chi connectivity index (χ4n) is 1.38. The lowest BCUT2D eigenvalue weighted by molar-refractivity contribution is 0.387. The number of methoxy groups -OCH3 is 1. The molecule has 0 atom stereocenters. The molecule has 0 fully saturated rings. The van der Waals surface area contributed by atoms with E-state index >= 15 is 0 Å². The number of aromatic amines is 1. The number of nitrogens with one attached hydrogen (secondary N) is 1. The molecule has 2 aromatic rings. The maximum absolute atomic E-state index is 13.8. The summed E-state index contributed by atoms with van der Waals surface area (Å²) in [6, 6.07) is 5.92. The minimum Gasteiger partial charge on any atom is -0.494 e. The van der Waals surface area contributed by atoms with Crippen LogP contribution in [0.25, 0.3) is 11.3 Å². The number of ether oxygens (including phenoxy) is 1. The molecule has 82 valence electrons. The average Bonchev–Trinajstić information content (AvgIpc) is 2.29. The Morgan fingerprint density at radius 3 is 2.94 bits per heavy atom. The van der Waals surface area contributed by atoms with Crippen LogP contribution in [0.1, 0.15) is 0 Å². The fourth-order valence-corrected chi connectivity index (χ4v) is 1.38. The van der Waals surface area contributed by atoms with Gasteiger partial charge in [0.25, 0.3) is 5.56 Å². The topological polar surface area (TPSA) is 55.0 Å². The molecule has 0 spiro atoms. The van der Waals surface area contributed by atoms with E-state index in [4.69, 9.17) is 4.74 Å². The number of H-pyrrole nitrogens is 1. The molecular formula is C11H9FN2O2. The van der Waals surface area contributed by atoms with Gasteiger partial charge in [-0.25, -0.2) is 9.37 Å². The van der Waals surface area contributed by atoms with Crippen LogP contribution in [0.5, 0.6) is 5.75 Å². The number of benzene rings is 1. The first-order valence-electron chi connectivity index (χ1n) is 4.60. The van der Waals surface area contributed by atoms with Gasteiger partial charge in [-0.15, -0.1) is 0 Å². The molecule has 0 radical (unpaired) electrons. The van der Waals surface area contributed by atoms with Crippen LogP contribution in [0.15, 0.2) is 35.4 Å². The summed E-state index contributed by atoms with van der Waals surface area (Å²) in [7, 11) is 1.38. The molecule has 2 rings (SSSR count). The highest BCUT2D eigenvalue weighted by Crippen LogP contribution is 2.26. The van der Waals surface area contributed by atoms with Crippen molar-refractivity contribution in [1.29, 1.82) is 0 Å². The van der Waals surface area contributed by atoms with Crippen molar-refractivity contribution in [3.8, 4) is 17.0 Å². The Balaban J connectivity index is 2.60. The van der Waals surface area contributed by atoms with Crippen LogP contribution in [-0.2, 0) is 0 Å². The third-order valence-electron chi connectivity index (χ3n) is 2.14. The average molecular weight is 220 g/mol. The summed E-state index contributed by atoms with van der Waals surface area (Å²) < 4.78 is 18.7. The second-order valence-corrected chi connectivity index (χ2v) is 3.12. The number of halogens is 1. The lowest BCUT2D eigenvalue weighted by atomic mass is 10.1. The van der Waals surface area contributed by atoms with E-state index in [9.17, 15) is 9.18 Å². The van der Waals surface area contributed by atoms with Gasteiger partial charge in [0.2, 0.25) is 0 Å². The van der Waals surface area contributed by atoms with Gasteiger partial charge in [0.05, 0.1) is 19.1 Å². The zero-order valence-corrected chi connectivity index (χ0v) is 8.53. The number of hydrogen-bond donors (Lipinski definition) is 1. The van der Waals surface area contributed by atoms with E-state index in [2.05, 4.69) is 9.97 Å². The second kappa shape index (κ2) is 4.14. The number of aromatic nitrogens is 2. The summed E-state index contributed by atoms with van der Waals surface area (Å²) in [5.74, 6) is -0.400. The van der Waals surface area contributed by atoms with E-state index in [1.165, 1.54) is 25.6 Å². The van der Waals surface area contributed by atoms with E-state index in [-0.39, 0.29) is 22.6 Å². The Hall–Kier alpha value is -2.17. The summed E-state index contributed by atoms with van der Waals surface area (Å²) >= 11 is 0. The van der Waals surface area contributed by atoms with Crippen molar-refractivity contribution in [3.05, 3.63) is 46.8 Å².